The van der Waals surface area contributed by atoms with Gasteiger partial charge in [0.05, 0.1) is 25.7 Å². The number of unbranched alkanes of at least 4 members (excludes halogenated alkanes) is 1. The molecule has 0 radical (unpaired) electrons. The lowest BCUT2D eigenvalue weighted by molar-refractivity contribution is -0.146. The normalized spacial score (nSPS) is 16.6. The topological polar surface area (TPSA) is 420 Å². The summed E-state index contributed by atoms with van der Waals surface area (Å²) in [6.07, 6.45) is -1.29. The van der Waals surface area contributed by atoms with Gasteiger partial charge >= 0.3 is 5.97 Å². The Labute approximate surface area is 439 Å². The highest BCUT2D eigenvalue weighted by molar-refractivity contribution is 5.99. The number of likely N-dealkylation sites (tertiary alicyclic amines) is 1. The van der Waals surface area contributed by atoms with Crippen LogP contribution in [0.3, 0.4) is 0 Å². The number of nitrogens with one attached hydrogen (secondary N) is 8. The number of aliphatic carboxylic acids is 1. The van der Waals surface area contributed by atoms with Crippen molar-refractivity contribution in [3.05, 3.63) is 65.7 Å². The van der Waals surface area contributed by atoms with Crippen molar-refractivity contribution in [2.75, 3.05) is 26.2 Å². The number of carboxylic acid groups (broad SMARTS) is 1. The summed E-state index contributed by atoms with van der Waals surface area (Å²) in [5, 5.41) is 60.0. The predicted molar refractivity (Wildman–Crippen MR) is 271 cm³/mol. The largest absolute Gasteiger partial charge is 0.508 e. The summed E-state index contributed by atoms with van der Waals surface area (Å²) in [6.45, 7) is 4.23. The lowest BCUT2D eigenvalue weighted by atomic mass is 9.97. The quantitative estimate of drug-likeness (QED) is 0.0322. The molecule has 1 aliphatic heterocycles. The summed E-state index contributed by atoms with van der Waals surface area (Å²) < 4.78 is 0. The molecule has 0 aromatic heterocycles. The number of hydrogen-bond acceptors (Lipinski definition) is 15. The highest BCUT2D eigenvalue weighted by Crippen LogP contribution is 2.21. The van der Waals surface area contributed by atoms with Gasteiger partial charge in [0.25, 0.3) is 0 Å². The molecule has 0 spiro atoms. The number of aliphatic hydroxyl groups is 2. The number of rotatable bonds is 31. The fourth-order valence-corrected chi connectivity index (χ4v) is 8.19. The van der Waals surface area contributed by atoms with Crippen molar-refractivity contribution in [1.29, 1.82) is 0 Å². The number of carboxylic acids is 1. The van der Waals surface area contributed by atoms with E-state index in [1.165, 1.54) is 26.0 Å². The van der Waals surface area contributed by atoms with Crippen LogP contribution in [-0.2, 0) is 65.6 Å². The molecular weight excluding hydrogens is 995 g/mol. The van der Waals surface area contributed by atoms with E-state index in [4.69, 9.17) is 11.5 Å². The smallest absolute Gasteiger partial charge is 0.305 e. The number of hydrogen-bond donors (Lipinski definition) is 14. The molecule has 418 valence electrons. The van der Waals surface area contributed by atoms with Gasteiger partial charge < -0.3 is 79.3 Å². The lowest BCUT2D eigenvalue weighted by Crippen LogP contribution is -2.62. The van der Waals surface area contributed by atoms with E-state index in [1.807, 2.05) is 0 Å². The van der Waals surface area contributed by atoms with Crippen LogP contribution in [0, 0.1) is 5.92 Å². The zero-order valence-electron chi connectivity index (χ0n) is 43.0. The Balaban J connectivity index is 1.83. The molecule has 2 aromatic rings. The van der Waals surface area contributed by atoms with Crippen LogP contribution in [-0.4, -0.2) is 171 Å². The minimum absolute atomic E-state index is 0.000314. The Morgan fingerprint density at radius 2 is 1.24 bits per heavy atom. The van der Waals surface area contributed by atoms with Gasteiger partial charge in [-0.25, -0.2) is 0 Å². The molecule has 1 heterocycles. The van der Waals surface area contributed by atoms with Gasteiger partial charge in [0.15, 0.2) is 0 Å². The first-order valence-electron chi connectivity index (χ1n) is 25.0. The third-order valence-electron chi connectivity index (χ3n) is 12.5. The minimum atomic E-state index is -1.80. The number of aromatic hydroxyl groups is 1. The van der Waals surface area contributed by atoms with Crippen molar-refractivity contribution in [3.8, 4) is 5.75 Å². The third kappa shape index (κ3) is 20.2. The molecule has 1 fully saturated rings. The molecule has 1 saturated heterocycles. The van der Waals surface area contributed by atoms with E-state index in [0.29, 0.717) is 24.0 Å². The minimum Gasteiger partial charge on any atom is -0.508 e. The van der Waals surface area contributed by atoms with Crippen LogP contribution in [0.25, 0.3) is 0 Å². The van der Waals surface area contributed by atoms with Gasteiger partial charge in [-0.3, -0.25) is 52.7 Å². The van der Waals surface area contributed by atoms with Crippen molar-refractivity contribution in [2.24, 2.45) is 17.4 Å². The monoisotopic (exact) mass is 1070 g/mol. The number of phenolic OH excluding ortho intramolecular Hbond substituents is 1. The Kier molecular flexibility index (Phi) is 25.7. The van der Waals surface area contributed by atoms with Crippen LogP contribution in [0.2, 0.25) is 0 Å². The van der Waals surface area contributed by atoms with E-state index in [9.17, 15) is 73.2 Å². The van der Waals surface area contributed by atoms with Gasteiger partial charge in [0, 0.05) is 26.3 Å². The van der Waals surface area contributed by atoms with E-state index in [1.54, 1.807) is 56.3 Å². The highest BCUT2D eigenvalue weighted by Gasteiger charge is 2.41. The number of amides is 10. The third-order valence-corrected chi connectivity index (χ3v) is 12.5. The average molecular weight is 1070 g/mol. The van der Waals surface area contributed by atoms with Crippen molar-refractivity contribution < 1.29 is 73.2 Å². The molecule has 1 aliphatic rings. The van der Waals surface area contributed by atoms with Gasteiger partial charge in [-0.1, -0.05) is 62.7 Å². The lowest BCUT2D eigenvalue weighted by Gasteiger charge is -2.31. The van der Waals surface area contributed by atoms with Crippen molar-refractivity contribution in [1.82, 2.24) is 47.4 Å². The number of primary amides is 1. The van der Waals surface area contributed by atoms with Crippen LogP contribution in [0.1, 0.15) is 83.8 Å². The van der Waals surface area contributed by atoms with E-state index in [-0.39, 0.29) is 57.4 Å². The number of nitrogens with zero attached hydrogens (tertiary/aromatic N) is 1. The predicted octanol–water partition coefficient (Wildman–Crippen LogP) is -3.79. The van der Waals surface area contributed by atoms with Gasteiger partial charge in [-0.05, 0) is 74.8 Å². The van der Waals surface area contributed by atoms with Crippen molar-refractivity contribution in [2.45, 2.75) is 140 Å². The first-order chi connectivity index (χ1) is 36.0. The highest BCUT2D eigenvalue weighted by atomic mass is 16.4. The number of benzene rings is 2. The average Bonchev–Trinajstić information content (AvgIpc) is 3.87. The van der Waals surface area contributed by atoms with E-state index in [2.05, 4.69) is 42.5 Å². The molecule has 16 N–H and O–H groups in total. The molecule has 0 bridgehead atoms. The van der Waals surface area contributed by atoms with Gasteiger partial charge in [0.1, 0.15) is 54.1 Å². The standard InChI is InChI=1S/C50H73N11O15/c1-5-27(2)41(59-46(72)37(26-62)58-45(71)35(22-30-12-7-6-8-13-30)56-44(70)34(54-29(4)64)23-31-16-18-32(65)19-17-31)49(75)57-36(24-40(67)68)50(76)61-21-11-15-38(61)47(73)55-33(14-9-10-20-51)43(69)60-42(28(3)63)48(74)53-25-39(52)66/h6-8,12-13,16-19,27-28,33-38,41-42,62-63,65H,5,9-11,14-15,20-26,51H2,1-4H3,(H2,52,66)(H,53,74)(H,54,64)(H,55,73)(H,56,70)(H,57,75)(H,58,71)(H,59,72)(H,60,69)(H,67,68)/t27-,28+,33-,34-,35-,36-,37-,38-,41-,42-/m0/s1. The second-order valence-corrected chi connectivity index (χ2v) is 18.6. The summed E-state index contributed by atoms with van der Waals surface area (Å²) in [5.41, 5.74) is 11.9. The van der Waals surface area contributed by atoms with Crippen molar-refractivity contribution in [3.63, 3.8) is 0 Å². The Bertz CT molecular complexity index is 2340. The number of phenols is 1. The van der Waals surface area contributed by atoms with Crippen LogP contribution in [0.15, 0.2) is 54.6 Å². The maximum Gasteiger partial charge on any atom is 0.305 e. The zero-order valence-corrected chi connectivity index (χ0v) is 43.0. The Morgan fingerprint density at radius 3 is 1.79 bits per heavy atom. The van der Waals surface area contributed by atoms with Gasteiger partial charge in [-0.2, -0.15) is 0 Å². The molecule has 0 aliphatic carbocycles. The Morgan fingerprint density at radius 1 is 0.684 bits per heavy atom. The van der Waals surface area contributed by atoms with Crippen LogP contribution in [0.5, 0.6) is 5.75 Å². The second-order valence-electron chi connectivity index (χ2n) is 18.6. The summed E-state index contributed by atoms with van der Waals surface area (Å²) in [6, 6.07) is 2.58. The maximum absolute atomic E-state index is 14.2. The van der Waals surface area contributed by atoms with Gasteiger partial charge in [0.2, 0.25) is 59.1 Å². The van der Waals surface area contributed by atoms with E-state index in [0.717, 1.165) is 4.90 Å². The second kappa shape index (κ2) is 31.2. The molecular formula is C50H73N11O15. The van der Waals surface area contributed by atoms with Crippen molar-refractivity contribution >= 4 is 65.0 Å². The number of aliphatic hydroxyl groups excluding tert-OH is 2. The molecule has 10 atom stereocenters. The molecule has 3 rings (SSSR count). The molecule has 10 amide bonds. The summed E-state index contributed by atoms with van der Waals surface area (Å²) in [7, 11) is 0. The first-order valence-corrected chi connectivity index (χ1v) is 25.0. The first kappa shape index (κ1) is 62.6. The van der Waals surface area contributed by atoms with E-state index >= 15 is 0 Å². The summed E-state index contributed by atoms with van der Waals surface area (Å²) in [5.74, 6) is -11.1. The fraction of sp³-hybridized carbons (Fsp3) is 0.540. The maximum atomic E-state index is 14.2. The molecule has 0 saturated carbocycles. The van der Waals surface area contributed by atoms with Gasteiger partial charge in [-0.15, -0.1) is 0 Å². The molecule has 2 aromatic carbocycles. The summed E-state index contributed by atoms with van der Waals surface area (Å²) >= 11 is 0. The van der Waals surface area contributed by atoms with Crippen LogP contribution in [0.4, 0.5) is 0 Å². The van der Waals surface area contributed by atoms with Crippen LogP contribution >= 0.6 is 0 Å². The molecule has 26 heteroatoms. The van der Waals surface area contributed by atoms with E-state index < -0.39 is 145 Å². The number of carbonyl (C=O) groups is 11. The molecule has 0 unspecified atom stereocenters. The number of nitrogens with two attached hydrogens (primary N) is 2. The number of carbonyl (C=O) groups excluding carboxylic acids is 10. The molecule has 76 heavy (non-hydrogen) atoms. The molecule has 26 nitrogen and oxygen atoms in total. The SMILES string of the molecule is CC[C@H](C)[C@H](NC(=O)[C@H](CO)NC(=O)[C@H](Cc1ccccc1)NC(=O)[C@H](Cc1ccc(O)cc1)NC(C)=O)C(=O)N[C@@H](CC(=O)O)C(=O)N1CCC[C@H]1C(=O)N[C@@H](CCCCN)C(=O)N[C@H](C(=O)NCC(N)=O)[C@@H](C)O. The Hall–Kier alpha value is -7.71. The fourth-order valence-electron chi connectivity index (χ4n) is 8.19. The van der Waals surface area contributed by atoms with Crippen LogP contribution < -0.4 is 54.0 Å². The summed E-state index contributed by atoms with van der Waals surface area (Å²) in [4.78, 5) is 147. The zero-order chi connectivity index (χ0) is 56.6.